The molecule has 1 aromatic carbocycles. The van der Waals surface area contributed by atoms with E-state index in [9.17, 15) is 0 Å². The van der Waals surface area contributed by atoms with Gasteiger partial charge < -0.3 is 14.2 Å². The van der Waals surface area contributed by atoms with E-state index in [4.69, 9.17) is 25.8 Å². The van der Waals surface area contributed by atoms with Crippen LogP contribution >= 0.6 is 11.6 Å². The molecule has 1 aliphatic rings. The third-order valence-electron chi connectivity index (χ3n) is 7.97. The van der Waals surface area contributed by atoms with Crippen molar-refractivity contribution in [3.8, 4) is 17.0 Å². The van der Waals surface area contributed by atoms with Crippen molar-refractivity contribution in [2.24, 2.45) is 5.92 Å². The van der Waals surface area contributed by atoms with Gasteiger partial charge in [-0.15, -0.1) is 0 Å². The third kappa shape index (κ3) is 12.5. The van der Waals surface area contributed by atoms with Crippen LogP contribution in [-0.4, -0.2) is 24.8 Å². The zero-order chi connectivity index (χ0) is 28.3. The van der Waals surface area contributed by atoms with Gasteiger partial charge in [0.15, 0.2) is 6.29 Å². The lowest BCUT2D eigenvalue weighted by molar-refractivity contribution is -0.206. The van der Waals surface area contributed by atoms with Crippen LogP contribution < -0.4 is 4.74 Å². The maximum Gasteiger partial charge on any atom is 0.185 e. The lowest BCUT2D eigenvalue weighted by atomic mass is 10.0. The van der Waals surface area contributed by atoms with Gasteiger partial charge in [0.25, 0.3) is 0 Å². The summed E-state index contributed by atoms with van der Waals surface area (Å²) in [6.45, 7) is 6.77. The fraction of sp³-hybridized carbons (Fsp3) is 0.686. The molecule has 40 heavy (non-hydrogen) atoms. The summed E-state index contributed by atoms with van der Waals surface area (Å²) >= 11 is 6.54. The number of benzene rings is 1. The zero-order valence-corrected chi connectivity index (χ0v) is 26.1. The van der Waals surface area contributed by atoms with Crippen molar-refractivity contribution in [2.75, 3.05) is 19.8 Å². The first-order chi connectivity index (χ1) is 19.7. The van der Waals surface area contributed by atoms with Crippen LogP contribution in [0.2, 0.25) is 5.02 Å². The highest BCUT2D eigenvalue weighted by atomic mass is 35.5. The lowest BCUT2D eigenvalue weighted by Crippen LogP contribution is -2.27. The lowest BCUT2D eigenvalue weighted by Gasteiger charge is -2.29. The Morgan fingerprint density at radius 1 is 0.750 bits per heavy atom. The molecule has 0 saturated carbocycles. The van der Waals surface area contributed by atoms with Gasteiger partial charge in [-0.2, -0.15) is 0 Å². The first-order valence-electron chi connectivity index (χ1n) is 16.3. The molecule has 2 aromatic rings. The normalized spacial score (nSPS) is 17.3. The van der Waals surface area contributed by atoms with Crippen molar-refractivity contribution in [1.29, 1.82) is 0 Å². The number of nitrogens with zero attached hydrogens (tertiary/aromatic N) is 1. The number of hydrogen-bond acceptors (Lipinski definition) is 4. The molecule has 0 spiro atoms. The summed E-state index contributed by atoms with van der Waals surface area (Å²) in [5, 5.41) is 0.629. The van der Waals surface area contributed by atoms with Gasteiger partial charge in [-0.1, -0.05) is 128 Å². The fourth-order valence-electron chi connectivity index (χ4n) is 5.38. The molecule has 0 unspecified atom stereocenters. The van der Waals surface area contributed by atoms with Crippen molar-refractivity contribution < 1.29 is 14.2 Å². The molecule has 0 radical (unpaired) electrons. The van der Waals surface area contributed by atoms with Gasteiger partial charge >= 0.3 is 0 Å². The molecule has 0 bridgehead atoms. The standard InChI is InChI=1S/C35H54ClNO3/c1-3-5-7-9-11-13-15-17-19-29-27-39-35(40-28-29)31-20-22-33(37-26-31)30-21-23-34(32(36)25-30)38-24-18-16-14-12-10-8-6-4-2/h20-23,25-26,29,35H,3-19,24,27-28H2,1-2H3/t29-,35-. The molecule has 4 nitrogen and oxygen atoms in total. The maximum absolute atomic E-state index is 6.54. The molecular weight excluding hydrogens is 518 g/mol. The van der Waals surface area contributed by atoms with E-state index in [1.54, 1.807) is 0 Å². The van der Waals surface area contributed by atoms with Crippen molar-refractivity contribution >= 4 is 11.6 Å². The maximum atomic E-state index is 6.54. The van der Waals surface area contributed by atoms with Crippen LogP contribution in [0.25, 0.3) is 11.3 Å². The Bertz CT molecular complexity index is 911. The Hall–Kier alpha value is -1.62. The Kier molecular flexibility index (Phi) is 16.7. The van der Waals surface area contributed by atoms with Crippen LogP contribution in [0.5, 0.6) is 5.75 Å². The molecule has 1 saturated heterocycles. The average Bonchev–Trinajstić information content (AvgIpc) is 2.99. The number of aromatic nitrogens is 1. The molecule has 2 heterocycles. The van der Waals surface area contributed by atoms with Crippen molar-refractivity contribution in [1.82, 2.24) is 4.98 Å². The summed E-state index contributed by atoms with van der Waals surface area (Å²) in [7, 11) is 0. The Morgan fingerprint density at radius 2 is 1.35 bits per heavy atom. The highest BCUT2D eigenvalue weighted by Gasteiger charge is 2.23. The second-order valence-electron chi connectivity index (χ2n) is 11.6. The largest absolute Gasteiger partial charge is 0.492 e. The highest BCUT2D eigenvalue weighted by molar-refractivity contribution is 6.32. The molecule has 1 aliphatic heterocycles. The van der Waals surface area contributed by atoms with Crippen molar-refractivity contribution in [3.05, 3.63) is 47.1 Å². The Morgan fingerprint density at radius 3 is 1.93 bits per heavy atom. The molecule has 1 fully saturated rings. The van der Waals surface area contributed by atoms with E-state index < -0.39 is 0 Å². The first-order valence-corrected chi connectivity index (χ1v) is 16.7. The van der Waals surface area contributed by atoms with E-state index in [2.05, 4.69) is 18.8 Å². The number of unbranched alkanes of at least 4 members (excludes halogenated alkanes) is 14. The Labute approximate surface area is 249 Å². The van der Waals surface area contributed by atoms with Crippen LogP contribution in [0, 0.1) is 5.92 Å². The summed E-state index contributed by atoms with van der Waals surface area (Å²) in [6.07, 6.45) is 23.9. The zero-order valence-electron chi connectivity index (χ0n) is 25.3. The van der Waals surface area contributed by atoms with E-state index in [0.29, 0.717) is 17.5 Å². The van der Waals surface area contributed by atoms with Gasteiger partial charge in [-0.05, 0) is 37.1 Å². The number of pyridine rings is 1. The van der Waals surface area contributed by atoms with Crippen LogP contribution in [0.15, 0.2) is 36.5 Å². The van der Waals surface area contributed by atoms with E-state index in [1.807, 2.05) is 36.5 Å². The predicted molar refractivity (Wildman–Crippen MR) is 168 cm³/mol. The topological polar surface area (TPSA) is 40.6 Å². The summed E-state index contributed by atoms with van der Waals surface area (Å²) in [5.74, 6) is 1.25. The van der Waals surface area contributed by atoms with E-state index >= 15 is 0 Å². The Balaban J connectivity index is 1.32. The van der Waals surface area contributed by atoms with Crippen molar-refractivity contribution in [2.45, 2.75) is 129 Å². The van der Waals surface area contributed by atoms with E-state index in [0.717, 1.165) is 42.2 Å². The summed E-state index contributed by atoms with van der Waals surface area (Å²) in [5.41, 5.74) is 2.82. The van der Waals surface area contributed by atoms with E-state index in [-0.39, 0.29) is 6.29 Å². The predicted octanol–water partition coefficient (Wildman–Crippen LogP) is 11.1. The molecular formula is C35H54ClNO3. The third-order valence-corrected chi connectivity index (χ3v) is 8.27. The second-order valence-corrected chi connectivity index (χ2v) is 12.0. The van der Waals surface area contributed by atoms with E-state index in [1.165, 1.54) is 103 Å². The number of rotatable bonds is 21. The molecule has 0 atom stereocenters. The first kappa shape index (κ1) is 32.9. The van der Waals surface area contributed by atoms with Gasteiger partial charge in [0.1, 0.15) is 5.75 Å². The number of hydrogen-bond donors (Lipinski definition) is 0. The summed E-state index contributed by atoms with van der Waals surface area (Å²) in [6, 6.07) is 9.99. The average molecular weight is 572 g/mol. The molecule has 0 aliphatic carbocycles. The highest BCUT2D eigenvalue weighted by Crippen LogP contribution is 2.32. The monoisotopic (exact) mass is 571 g/mol. The number of ether oxygens (including phenoxy) is 3. The van der Waals surface area contributed by atoms with Gasteiger partial charge in [0.05, 0.1) is 30.5 Å². The summed E-state index contributed by atoms with van der Waals surface area (Å²) in [4.78, 5) is 4.67. The molecule has 5 heteroatoms. The van der Waals surface area contributed by atoms with Gasteiger partial charge in [0, 0.05) is 23.2 Å². The second kappa shape index (κ2) is 20.3. The smallest absolute Gasteiger partial charge is 0.185 e. The molecule has 1 aromatic heterocycles. The molecule has 3 rings (SSSR count). The molecule has 0 N–H and O–H groups in total. The SMILES string of the molecule is CCCCCCCCCCOc1ccc(-c2ccc([C@H]3OC[C@H](CCCCCCCCCC)CO3)cn2)cc1Cl. The van der Waals surface area contributed by atoms with Crippen LogP contribution in [-0.2, 0) is 9.47 Å². The summed E-state index contributed by atoms with van der Waals surface area (Å²) < 4.78 is 18.1. The fourth-order valence-corrected chi connectivity index (χ4v) is 5.62. The molecule has 0 amide bonds. The minimum absolute atomic E-state index is 0.327. The van der Waals surface area contributed by atoms with Gasteiger partial charge in [0.2, 0.25) is 0 Å². The van der Waals surface area contributed by atoms with Crippen LogP contribution in [0.3, 0.4) is 0 Å². The molecule has 224 valence electrons. The van der Waals surface area contributed by atoms with Gasteiger partial charge in [-0.3, -0.25) is 4.98 Å². The van der Waals surface area contributed by atoms with Crippen LogP contribution in [0.1, 0.15) is 135 Å². The quantitative estimate of drug-likeness (QED) is 0.140. The number of halogens is 1. The minimum atomic E-state index is -0.327. The minimum Gasteiger partial charge on any atom is -0.492 e. The van der Waals surface area contributed by atoms with Crippen LogP contribution in [0.4, 0.5) is 0 Å². The van der Waals surface area contributed by atoms with Crippen molar-refractivity contribution in [3.63, 3.8) is 0 Å². The van der Waals surface area contributed by atoms with Gasteiger partial charge in [-0.25, -0.2) is 0 Å².